The first-order chi connectivity index (χ1) is 35.9. The third-order valence-electron chi connectivity index (χ3n) is 14.9. The highest BCUT2D eigenvalue weighted by atomic mass is 32.2. The molecule has 2 heterocycles. The number of rotatable bonds is 7. The van der Waals surface area contributed by atoms with Gasteiger partial charge in [-0.15, -0.1) is 0 Å². The zero-order valence-corrected chi connectivity index (χ0v) is 42.8. The Hall–Kier alpha value is -7.88. The lowest BCUT2D eigenvalue weighted by Crippen LogP contribution is -2.37. The highest BCUT2D eigenvalue weighted by Gasteiger charge is 2.49. The maximum Gasteiger partial charge on any atom is 0.0745 e. The highest BCUT2D eigenvalue weighted by Crippen LogP contribution is 2.64. The third-order valence-corrected chi connectivity index (χ3v) is 17.3. The van der Waals surface area contributed by atoms with E-state index in [0.717, 1.165) is 0 Å². The second-order valence-electron chi connectivity index (χ2n) is 20.2. The molecule has 2 aliphatic heterocycles. The van der Waals surface area contributed by atoms with Crippen molar-refractivity contribution in [3.63, 3.8) is 0 Å². The van der Waals surface area contributed by atoms with Crippen LogP contribution in [0.1, 0.15) is 48.6 Å². The summed E-state index contributed by atoms with van der Waals surface area (Å²) in [6, 6.07) is 97.5. The van der Waals surface area contributed by atoms with Gasteiger partial charge in [0.25, 0.3) is 0 Å². The standard InChI is InChI=1S/C71H52S2/c1-70(2,3)57-44-45-58-69(73-61-43-24-21-40-56(61)71(58)54-38-19-22-41-59(54)72-60-42-23-20-39-55(60)71)62(57)52-36-25-37-53(46-52)68-66(50-32-15-7-16-33-50)64(48-28-11-5-12-29-48)63(47-26-9-4-10-27-47)65(49-30-13-6-14-31-49)67(68)51-34-17-8-18-35-51/h4-46H,1-3H3. The Kier molecular flexibility index (Phi) is 11.3. The van der Waals surface area contributed by atoms with E-state index in [2.05, 4.69) is 282 Å². The minimum atomic E-state index is -0.526. The predicted molar refractivity (Wildman–Crippen MR) is 310 cm³/mol. The van der Waals surface area contributed by atoms with Crippen molar-refractivity contribution in [1.82, 2.24) is 0 Å². The second kappa shape index (κ2) is 18.3. The lowest BCUT2D eigenvalue weighted by Gasteiger charge is -2.46. The molecule has 0 unspecified atom stereocenters. The van der Waals surface area contributed by atoms with Gasteiger partial charge in [-0.25, -0.2) is 0 Å². The smallest absolute Gasteiger partial charge is 0.0745 e. The van der Waals surface area contributed by atoms with Crippen LogP contribution in [0.25, 0.3) is 77.9 Å². The Balaban J connectivity index is 1.19. The summed E-state index contributed by atoms with van der Waals surface area (Å²) in [4.78, 5) is 5.23. The van der Waals surface area contributed by atoms with Gasteiger partial charge in [0.15, 0.2) is 0 Å². The fourth-order valence-electron chi connectivity index (χ4n) is 11.9. The Morgan fingerprint density at radius 3 is 0.932 bits per heavy atom. The summed E-state index contributed by atoms with van der Waals surface area (Å²) in [6.45, 7) is 7.13. The van der Waals surface area contributed by atoms with Gasteiger partial charge in [-0.1, -0.05) is 281 Å². The molecule has 11 aromatic rings. The SMILES string of the molecule is CC(C)(C)c1ccc2c(c1-c1cccc(-c3c(-c4ccccc4)c(-c4ccccc4)c(-c4ccccc4)c(-c4ccccc4)c3-c3ccccc3)c1)Sc1ccccc1C21c2ccccc2Sc2ccccc21. The van der Waals surface area contributed by atoms with Crippen LogP contribution in [0.3, 0.4) is 0 Å². The van der Waals surface area contributed by atoms with E-state index >= 15 is 0 Å². The zero-order valence-electron chi connectivity index (χ0n) is 41.1. The van der Waals surface area contributed by atoms with E-state index in [1.165, 1.54) is 125 Å². The van der Waals surface area contributed by atoms with Crippen molar-refractivity contribution in [1.29, 1.82) is 0 Å². The maximum absolute atomic E-state index is 2.52. The zero-order chi connectivity index (χ0) is 49.1. The molecule has 2 aliphatic rings. The first-order valence-corrected chi connectivity index (χ1v) is 27.0. The molecule has 0 bridgehead atoms. The van der Waals surface area contributed by atoms with Crippen LogP contribution >= 0.6 is 23.5 Å². The Bertz CT molecular complexity index is 3680. The third kappa shape index (κ3) is 7.46. The molecule has 13 rings (SSSR count). The lowest BCUT2D eigenvalue weighted by atomic mass is 9.63. The van der Waals surface area contributed by atoms with Gasteiger partial charge in [-0.3, -0.25) is 0 Å². The van der Waals surface area contributed by atoms with Gasteiger partial charge in [0.2, 0.25) is 0 Å². The summed E-state index contributed by atoms with van der Waals surface area (Å²) >= 11 is 3.84. The van der Waals surface area contributed by atoms with E-state index in [-0.39, 0.29) is 5.41 Å². The first-order valence-electron chi connectivity index (χ1n) is 25.3. The van der Waals surface area contributed by atoms with Gasteiger partial charge in [0.05, 0.1) is 5.41 Å². The van der Waals surface area contributed by atoms with E-state index in [4.69, 9.17) is 0 Å². The summed E-state index contributed by atoms with van der Waals surface area (Å²) < 4.78 is 0. The van der Waals surface area contributed by atoms with Crippen molar-refractivity contribution in [3.05, 3.63) is 289 Å². The minimum absolute atomic E-state index is 0.175. The van der Waals surface area contributed by atoms with Crippen molar-refractivity contribution in [2.45, 2.75) is 51.2 Å². The molecule has 0 saturated heterocycles. The summed E-state index contributed by atoms with van der Waals surface area (Å²) in [5, 5.41) is 0. The maximum atomic E-state index is 2.52. The van der Waals surface area contributed by atoms with E-state index in [1.807, 2.05) is 23.5 Å². The first kappa shape index (κ1) is 45.0. The quantitative estimate of drug-likeness (QED) is 0.156. The van der Waals surface area contributed by atoms with Gasteiger partial charge in [0, 0.05) is 19.6 Å². The molecule has 0 nitrogen and oxygen atoms in total. The van der Waals surface area contributed by atoms with E-state index in [0.29, 0.717) is 0 Å². The highest BCUT2D eigenvalue weighted by molar-refractivity contribution is 8.00. The number of fused-ring (bicyclic) bond motifs is 8. The van der Waals surface area contributed by atoms with Crippen LogP contribution in [-0.2, 0) is 10.8 Å². The summed E-state index contributed by atoms with van der Waals surface area (Å²) in [5.41, 5.74) is 22.8. The van der Waals surface area contributed by atoms with Gasteiger partial charge in [-0.05, 0) is 135 Å². The molecule has 0 atom stereocenters. The van der Waals surface area contributed by atoms with E-state index < -0.39 is 5.41 Å². The summed E-state index contributed by atoms with van der Waals surface area (Å²) in [6.07, 6.45) is 0. The second-order valence-corrected chi connectivity index (χ2v) is 22.4. The molecule has 0 aromatic heterocycles. The molecule has 1 spiro atoms. The van der Waals surface area contributed by atoms with Crippen molar-refractivity contribution in [2.75, 3.05) is 0 Å². The molecule has 0 radical (unpaired) electrons. The van der Waals surface area contributed by atoms with Gasteiger partial charge in [-0.2, -0.15) is 0 Å². The van der Waals surface area contributed by atoms with Crippen molar-refractivity contribution in [2.24, 2.45) is 0 Å². The number of hydrogen-bond donors (Lipinski definition) is 0. The van der Waals surface area contributed by atoms with Crippen molar-refractivity contribution in [3.8, 4) is 77.9 Å². The molecule has 0 N–H and O–H groups in total. The van der Waals surface area contributed by atoms with Crippen molar-refractivity contribution < 1.29 is 0 Å². The van der Waals surface area contributed by atoms with Gasteiger partial charge < -0.3 is 0 Å². The molecule has 0 fully saturated rings. The van der Waals surface area contributed by atoms with Gasteiger partial charge >= 0.3 is 0 Å². The molecular weight excluding hydrogens is 917 g/mol. The molecule has 2 heteroatoms. The van der Waals surface area contributed by atoms with Crippen LogP contribution in [0.4, 0.5) is 0 Å². The van der Waals surface area contributed by atoms with Gasteiger partial charge in [0.1, 0.15) is 0 Å². The Morgan fingerprint density at radius 2 is 0.562 bits per heavy atom. The monoisotopic (exact) mass is 968 g/mol. The minimum Gasteiger partial charge on any atom is -0.0894 e. The molecule has 0 aliphatic carbocycles. The Labute approximate surface area is 438 Å². The average Bonchev–Trinajstić information content (AvgIpc) is 3.45. The van der Waals surface area contributed by atoms with Crippen LogP contribution in [0.15, 0.2) is 280 Å². The predicted octanol–water partition coefficient (Wildman–Crippen LogP) is 20.0. The normalized spacial score (nSPS) is 13.1. The van der Waals surface area contributed by atoms with Crippen LogP contribution in [0.2, 0.25) is 0 Å². The molecular formula is C71H52S2. The topological polar surface area (TPSA) is 0 Å². The van der Waals surface area contributed by atoms with Crippen LogP contribution in [0, 0.1) is 0 Å². The van der Waals surface area contributed by atoms with Crippen LogP contribution < -0.4 is 0 Å². The fourth-order valence-corrected chi connectivity index (χ4v) is 14.5. The summed E-state index contributed by atoms with van der Waals surface area (Å²) in [5.74, 6) is 0. The average molecular weight is 969 g/mol. The number of benzene rings is 11. The molecule has 73 heavy (non-hydrogen) atoms. The Morgan fingerprint density at radius 1 is 0.260 bits per heavy atom. The summed E-state index contributed by atoms with van der Waals surface area (Å²) in [7, 11) is 0. The lowest BCUT2D eigenvalue weighted by molar-refractivity contribution is 0.587. The molecule has 348 valence electrons. The van der Waals surface area contributed by atoms with Crippen LogP contribution in [-0.4, -0.2) is 0 Å². The molecule has 0 saturated carbocycles. The number of hydrogen-bond acceptors (Lipinski definition) is 2. The molecule has 0 amide bonds. The van der Waals surface area contributed by atoms with Crippen LogP contribution in [0.5, 0.6) is 0 Å². The fraction of sp³-hybridized carbons (Fsp3) is 0.0704. The van der Waals surface area contributed by atoms with E-state index in [1.54, 1.807) is 0 Å². The molecule has 11 aromatic carbocycles. The van der Waals surface area contributed by atoms with Crippen molar-refractivity contribution >= 4 is 23.5 Å². The van der Waals surface area contributed by atoms with E-state index in [9.17, 15) is 0 Å². The largest absolute Gasteiger partial charge is 0.0894 e.